The molecule has 0 saturated heterocycles. The Hall–Kier alpha value is -1.59. The number of hydrogen-bond donors (Lipinski definition) is 2. The fourth-order valence-corrected chi connectivity index (χ4v) is 1.56. The molecule has 3 N–H and O–H groups in total. The van der Waals surface area contributed by atoms with Crippen LogP contribution < -0.4 is 17.0 Å². The third-order valence-electron chi connectivity index (χ3n) is 2.13. The minimum absolute atomic E-state index is 0.146. The van der Waals surface area contributed by atoms with Crippen LogP contribution in [0.2, 0.25) is 5.02 Å². The summed E-state index contributed by atoms with van der Waals surface area (Å²) in [5, 5.41) is 0.854. The summed E-state index contributed by atoms with van der Waals surface area (Å²) < 4.78 is 0.927. The lowest BCUT2D eigenvalue weighted by molar-refractivity contribution is 0.661. The van der Waals surface area contributed by atoms with Crippen LogP contribution in [0, 0.1) is 0 Å². The summed E-state index contributed by atoms with van der Waals surface area (Å²) in [6, 6.07) is 4.67. The molecule has 2 rings (SSSR count). The van der Waals surface area contributed by atoms with E-state index in [2.05, 4.69) is 4.98 Å². The molecule has 0 aliphatic carbocycles. The van der Waals surface area contributed by atoms with Crippen molar-refractivity contribution in [3.05, 3.63) is 44.1 Å². The van der Waals surface area contributed by atoms with E-state index in [4.69, 9.17) is 17.3 Å². The van der Waals surface area contributed by atoms with E-state index in [1.54, 1.807) is 12.1 Å². The molecule has 1 aromatic heterocycles. The molecule has 0 saturated carbocycles. The molecular weight excluding hydrogens is 218 g/mol. The number of nitrogens with one attached hydrogen (secondary N) is 1. The summed E-state index contributed by atoms with van der Waals surface area (Å²) in [5.74, 6) is 0. The molecule has 2 aromatic rings. The highest BCUT2D eigenvalue weighted by Crippen LogP contribution is 2.13. The van der Waals surface area contributed by atoms with Crippen LogP contribution >= 0.6 is 11.6 Å². The van der Waals surface area contributed by atoms with Gasteiger partial charge in [-0.1, -0.05) is 11.6 Å². The van der Waals surface area contributed by atoms with E-state index in [9.17, 15) is 9.59 Å². The first kappa shape index (κ1) is 9.95. The Labute approximate surface area is 89.1 Å². The maximum absolute atomic E-state index is 11.7. The summed E-state index contributed by atoms with van der Waals surface area (Å²) >= 11 is 5.74. The number of H-pyrrole nitrogens is 1. The molecule has 0 atom stereocenters. The minimum atomic E-state index is -0.530. The van der Waals surface area contributed by atoms with Crippen LogP contribution in [0.25, 0.3) is 10.9 Å². The zero-order chi connectivity index (χ0) is 11.0. The molecule has 0 radical (unpaired) electrons. The summed E-state index contributed by atoms with van der Waals surface area (Å²) in [6.45, 7) is -0.146. The van der Waals surface area contributed by atoms with Crippen LogP contribution in [0.3, 0.4) is 0 Å². The first-order valence-corrected chi connectivity index (χ1v) is 4.63. The third-order valence-corrected chi connectivity index (χ3v) is 2.36. The molecule has 0 aliphatic heterocycles. The molecule has 0 amide bonds. The van der Waals surface area contributed by atoms with E-state index in [1.807, 2.05) is 0 Å². The van der Waals surface area contributed by atoms with Gasteiger partial charge in [0.1, 0.15) is 0 Å². The SMILES string of the molecule is NCn1c(=O)[nH]c2cc(Cl)ccc2c1=O. The second-order valence-corrected chi connectivity index (χ2v) is 3.47. The van der Waals surface area contributed by atoms with Gasteiger partial charge in [-0.05, 0) is 18.2 Å². The number of nitrogens with zero attached hydrogens (tertiary/aromatic N) is 1. The Morgan fingerprint density at radius 3 is 2.80 bits per heavy atom. The minimum Gasteiger partial charge on any atom is -0.313 e. The van der Waals surface area contributed by atoms with Gasteiger partial charge in [-0.25, -0.2) is 9.36 Å². The lowest BCUT2D eigenvalue weighted by Crippen LogP contribution is -2.37. The van der Waals surface area contributed by atoms with Gasteiger partial charge in [-0.2, -0.15) is 0 Å². The first-order chi connectivity index (χ1) is 7.13. The van der Waals surface area contributed by atoms with E-state index >= 15 is 0 Å². The lowest BCUT2D eigenvalue weighted by atomic mass is 10.2. The molecule has 0 unspecified atom stereocenters. The fourth-order valence-electron chi connectivity index (χ4n) is 1.39. The van der Waals surface area contributed by atoms with Crippen molar-refractivity contribution in [1.82, 2.24) is 9.55 Å². The van der Waals surface area contributed by atoms with Gasteiger partial charge in [0.05, 0.1) is 17.6 Å². The van der Waals surface area contributed by atoms with Gasteiger partial charge in [0.2, 0.25) is 0 Å². The molecule has 0 spiro atoms. The number of aromatic nitrogens is 2. The van der Waals surface area contributed by atoms with E-state index in [0.717, 1.165) is 4.57 Å². The van der Waals surface area contributed by atoms with Gasteiger partial charge in [0, 0.05) is 5.02 Å². The van der Waals surface area contributed by atoms with Crippen LogP contribution in [0.4, 0.5) is 0 Å². The number of aromatic amines is 1. The Balaban J connectivity index is 2.98. The fraction of sp³-hybridized carbons (Fsp3) is 0.111. The van der Waals surface area contributed by atoms with Gasteiger partial charge in [0.25, 0.3) is 5.56 Å². The second-order valence-electron chi connectivity index (χ2n) is 3.04. The Bertz CT molecular complexity index is 629. The summed E-state index contributed by atoms with van der Waals surface area (Å²) in [6.07, 6.45) is 0. The van der Waals surface area contributed by atoms with Gasteiger partial charge in [-0.3, -0.25) is 4.79 Å². The highest BCUT2D eigenvalue weighted by Gasteiger charge is 2.05. The lowest BCUT2D eigenvalue weighted by Gasteiger charge is -2.02. The molecular formula is C9H8ClN3O2. The van der Waals surface area contributed by atoms with E-state index in [-0.39, 0.29) is 6.67 Å². The maximum atomic E-state index is 11.7. The third kappa shape index (κ3) is 1.55. The first-order valence-electron chi connectivity index (χ1n) is 4.26. The number of halogens is 1. The van der Waals surface area contributed by atoms with E-state index < -0.39 is 11.2 Å². The summed E-state index contributed by atoms with van der Waals surface area (Å²) in [7, 11) is 0. The number of nitrogens with two attached hydrogens (primary N) is 1. The van der Waals surface area contributed by atoms with Crippen LogP contribution in [0.15, 0.2) is 27.8 Å². The van der Waals surface area contributed by atoms with Crippen molar-refractivity contribution in [1.29, 1.82) is 0 Å². The smallest absolute Gasteiger partial charge is 0.313 e. The Morgan fingerprint density at radius 2 is 2.13 bits per heavy atom. The normalized spacial score (nSPS) is 10.8. The Morgan fingerprint density at radius 1 is 1.40 bits per heavy atom. The molecule has 0 fully saturated rings. The van der Waals surface area contributed by atoms with E-state index in [1.165, 1.54) is 6.07 Å². The standard InChI is InChI=1S/C9H8ClN3O2/c10-5-1-2-6-7(3-5)12-9(15)13(4-11)8(6)14/h1-3H,4,11H2,(H,12,15). The summed E-state index contributed by atoms with van der Waals surface area (Å²) in [4.78, 5) is 25.6. The van der Waals surface area contributed by atoms with Crippen molar-refractivity contribution < 1.29 is 0 Å². The van der Waals surface area contributed by atoms with Crippen molar-refractivity contribution in [2.45, 2.75) is 6.67 Å². The maximum Gasteiger partial charge on any atom is 0.329 e. The average molecular weight is 226 g/mol. The van der Waals surface area contributed by atoms with Crippen molar-refractivity contribution in [2.75, 3.05) is 0 Å². The largest absolute Gasteiger partial charge is 0.329 e. The van der Waals surface area contributed by atoms with Crippen LogP contribution in [-0.2, 0) is 6.67 Å². The van der Waals surface area contributed by atoms with E-state index in [0.29, 0.717) is 15.9 Å². The number of hydrogen-bond acceptors (Lipinski definition) is 3. The van der Waals surface area contributed by atoms with Gasteiger partial charge in [-0.15, -0.1) is 0 Å². The van der Waals surface area contributed by atoms with Crippen molar-refractivity contribution >= 4 is 22.5 Å². The average Bonchev–Trinajstić information content (AvgIpc) is 2.17. The second kappa shape index (κ2) is 3.52. The molecule has 0 bridgehead atoms. The zero-order valence-corrected chi connectivity index (χ0v) is 8.41. The van der Waals surface area contributed by atoms with Crippen molar-refractivity contribution in [2.24, 2.45) is 5.73 Å². The highest BCUT2D eigenvalue weighted by atomic mass is 35.5. The van der Waals surface area contributed by atoms with Crippen LogP contribution in [0.1, 0.15) is 0 Å². The Kier molecular flexibility index (Phi) is 2.34. The molecule has 1 aromatic carbocycles. The molecule has 0 aliphatic rings. The topological polar surface area (TPSA) is 80.9 Å². The van der Waals surface area contributed by atoms with Gasteiger partial charge in [0.15, 0.2) is 0 Å². The van der Waals surface area contributed by atoms with Crippen LogP contribution in [0.5, 0.6) is 0 Å². The molecule has 5 nitrogen and oxygen atoms in total. The molecule has 78 valence electrons. The predicted molar refractivity (Wildman–Crippen MR) is 58.0 cm³/mol. The van der Waals surface area contributed by atoms with Gasteiger partial charge < -0.3 is 10.7 Å². The van der Waals surface area contributed by atoms with Crippen molar-refractivity contribution in [3.63, 3.8) is 0 Å². The van der Waals surface area contributed by atoms with Crippen LogP contribution in [-0.4, -0.2) is 9.55 Å². The predicted octanol–water partition coefficient (Wildman–Crippen LogP) is 0.259. The highest BCUT2D eigenvalue weighted by molar-refractivity contribution is 6.31. The van der Waals surface area contributed by atoms with Crippen molar-refractivity contribution in [3.8, 4) is 0 Å². The monoisotopic (exact) mass is 225 g/mol. The van der Waals surface area contributed by atoms with Gasteiger partial charge >= 0.3 is 5.69 Å². The summed E-state index contributed by atoms with van der Waals surface area (Å²) in [5.41, 5.74) is 4.77. The zero-order valence-electron chi connectivity index (χ0n) is 7.66. The molecule has 6 heteroatoms. The molecule has 1 heterocycles. The quantitative estimate of drug-likeness (QED) is 0.731. The number of rotatable bonds is 1. The number of benzene rings is 1. The number of fused-ring (bicyclic) bond motifs is 1. The molecule has 15 heavy (non-hydrogen) atoms.